The van der Waals surface area contributed by atoms with Gasteiger partial charge in [-0.1, -0.05) is 42.0 Å². The van der Waals surface area contributed by atoms with Crippen molar-refractivity contribution < 1.29 is 9.53 Å². The van der Waals surface area contributed by atoms with Crippen LogP contribution in [0.25, 0.3) is 0 Å². The molecule has 22 heavy (non-hydrogen) atoms. The summed E-state index contributed by atoms with van der Waals surface area (Å²) in [5.74, 6) is 0.652. The zero-order valence-corrected chi connectivity index (χ0v) is 13.6. The van der Waals surface area contributed by atoms with Crippen LogP contribution in [0.3, 0.4) is 0 Å². The molecule has 0 fully saturated rings. The topological polar surface area (TPSA) is 38.3 Å². The van der Waals surface area contributed by atoms with Gasteiger partial charge in [-0.25, -0.2) is 0 Å². The van der Waals surface area contributed by atoms with E-state index in [1.807, 2.05) is 63.2 Å². The van der Waals surface area contributed by atoms with E-state index < -0.39 is 6.10 Å². The minimum absolute atomic E-state index is 0.110. The van der Waals surface area contributed by atoms with Gasteiger partial charge in [0.25, 0.3) is 5.91 Å². The summed E-state index contributed by atoms with van der Waals surface area (Å²) in [7, 11) is 0. The zero-order valence-electron chi connectivity index (χ0n) is 13.6. The highest BCUT2D eigenvalue weighted by Gasteiger charge is 2.15. The molecule has 3 heteroatoms. The molecule has 0 heterocycles. The third-order valence-electron chi connectivity index (χ3n) is 3.60. The van der Waals surface area contributed by atoms with Gasteiger partial charge in [-0.05, 0) is 50.5 Å². The Morgan fingerprint density at radius 1 is 1.05 bits per heavy atom. The Balaban J connectivity index is 1.91. The fraction of sp³-hybridized carbons (Fsp3) is 0.316. The number of carbonyl (C=O) groups excluding carboxylic acids is 1. The maximum atomic E-state index is 12.1. The first kappa shape index (κ1) is 16.1. The van der Waals surface area contributed by atoms with E-state index >= 15 is 0 Å². The van der Waals surface area contributed by atoms with Crippen molar-refractivity contribution in [1.29, 1.82) is 0 Å². The van der Waals surface area contributed by atoms with Crippen LogP contribution in [0.1, 0.15) is 29.2 Å². The number of hydrogen-bond donors (Lipinski definition) is 1. The van der Waals surface area contributed by atoms with E-state index in [4.69, 9.17) is 4.74 Å². The second-order valence-corrected chi connectivity index (χ2v) is 5.73. The summed E-state index contributed by atoms with van der Waals surface area (Å²) < 4.78 is 5.78. The molecular weight excluding hydrogens is 274 g/mol. The first-order valence-electron chi connectivity index (χ1n) is 7.53. The highest BCUT2D eigenvalue weighted by molar-refractivity contribution is 5.80. The molecule has 1 atom stereocenters. The molecule has 2 aromatic carbocycles. The maximum absolute atomic E-state index is 12.1. The molecule has 0 radical (unpaired) electrons. The molecule has 1 amide bonds. The van der Waals surface area contributed by atoms with Crippen molar-refractivity contribution in [3.8, 4) is 5.75 Å². The Bertz CT molecular complexity index is 647. The quantitative estimate of drug-likeness (QED) is 0.914. The summed E-state index contributed by atoms with van der Waals surface area (Å²) in [4.78, 5) is 12.1. The van der Waals surface area contributed by atoms with E-state index in [0.29, 0.717) is 6.54 Å². The molecule has 3 nitrogen and oxygen atoms in total. The van der Waals surface area contributed by atoms with E-state index in [1.165, 1.54) is 5.56 Å². The largest absolute Gasteiger partial charge is 0.481 e. The van der Waals surface area contributed by atoms with Crippen LogP contribution >= 0.6 is 0 Å². The Kier molecular flexibility index (Phi) is 5.21. The summed E-state index contributed by atoms with van der Waals surface area (Å²) in [6, 6.07) is 14.1. The van der Waals surface area contributed by atoms with Crippen LogP contribution < -0.4 is 10.1 Å². The number of nitrogens with one attached hydrogen (secondary N) is 1. The molecule has 0 aromatic heterocycles. The molecule has 2 aromatic rings. The fourth-order valence-corrected chi connectivity index (χ4v) is 2.12. The Morgan fingerprint density at radius 3 is 2.36 bits per heavy atom. The normalized spacial score (nSPS) is 11.8. The second-order valence-electron chi connectivity index (χ2n) is 5.73. The van der Waals surface area contributed by atoms with Crippen LogP contribution in [0.5, 0.6) is 5.75 Å². The zero-order chi connectivity index (χ0) is 16.1. The van der Waals surface area contributed by atoms with Crippen LogP contribution in [-0.2, 0) is 11.3 Å². The van der Waals surface area contributed by atoms with Gasteiger partial charge in [0.15, 0.2) is 6.10 Å². The lowest BCUT2D eigenvalue weighted by atomic mass is 10.1. The molecule has 0 unspecified atom stereocenters. The summed E-state index contributed by atoms with van der Waals surface area (Å²) in [6.45, 7) is 8.31. The van der Waals surface area contributed by atoms with Crippen molar-refractivity contribution in [1.82, 2.24) is 5.32 Å². The van der Waals surface area contributed by atoms with Crippen LogP contribution in [0.4, 0.5) is 0 Å². The fourth-order valence-electron chi connectivity index (χ4n) is 2.12. The first-order valence-corrected chi connectivity index (χ1v) is 7.53. The molecule has 0 saturated carbocycles. The van der Waals surface area contributed by atoms with Crippen molar-refractivity contribution >= 4 is 5.91 Å². The first-order chi connectivity index (χ1) is 10.5. The molecule has 0 aliphatic rings. The highest BCUT2D eigenvalue weighted by Crippen LogP contribution is 2.20. The van der Waals surface area contributed by atoms with Crippen molar-refractivity contribution in [2.45, 2.75) is 40.3 Å². The third kappa shape index (κ3) is 4.35. The van der Waals surface area contributed by atoms with Crippen LogP contribution in [0.2, 0.25) is 0 Å². The van der Waals surface area contributed by atoms with Gasteiger partial charge in [-0.2, -0.15) is 0 Å². The number of aryl methyl sites for hydroxylation is 3. The lowest BCUT2D eigenvalue weighted by Crippen LogP contribution is -2.36. The number of benzene rings is 2. The molecule has 0 bridgehead atoms. The number of rotatable bonds is 5. The summed E-state index contributed by atoms with van der Waals surface area (Å²) >= 11 is 0. The summed E-state index contributed by atoms with van der Waals surface area (Å²) in [6.07, 6.45) is -0.522. The van der Waals surface area contributed by atoms with Crippen molar-refractivity contribution in [2.75, 3.05) is 0 Å². The molecule has 116 valence electrons. The van der Waals surface area contributed by atoms with Crippen LogP contribution in [-0.4, -0.2) is 12.0 Å². The van der Waals surface area contributed by atoms with Gasteiger partial charge in [-0.15, -0.1) is 0 Å². The van der Waals surface area contributed by atoms with Crippen molar-refractivity contribution in [3.63, 3.8) is 0 Å². The smallest absolute Gasteiger partial charge is 0.261 e. The SMILES string of the molecule is Cc1ccc(CNC(=O)[C@@H](C)Oc2cc(C)ccc2C)cc1. The van der Waals surface area contributed by atoms with Gasteiger partial charge in [0, 0.05) is 6.54 Å². The van der Waals surface area contributed by atoms with Crippen molar-refractivity contribution in [3.05, 3.63) is 64.7 Å². The molecule has 0 aliphatic carbocycles. The molecule has 0 saturated heterocycles. The third-order valence-corrected chi connectivity index (χ3v) is 3.60. The van der Waals surface area contributed by atoms with Crippen molar-refractivity contribution in [2.24, 2.45) is 0 Å². The van der Waals surface area contributed by atoms with E-state index in [-0.39, 0.29) is 5.91 Å². The Morgan fingerprint density at radius 2 is 1.68 bits per heavy atom. The maximum Gasteiger partial charge on any atom is 0.261 e. The second kappa shape index (κ2) is 7.12. The van der Waals surface area contributed by atoms with Gasteiger partial charge in [0.1, 0.15) is 5.75 Å². The van der Waals surface area contributed by atoms with E-state index in [0.717, 1.165) is 22.4 Å². The van der Waals surface area contributed by atoms with Crippen LogP contribution in [0.15, 0.2) is 42.5 Å². The number of amides is 1. The highest BCUT2D eigenvalue weighted by atomic mass is 16.5. The van der Waals surface area contributed by atoms with Gasteiger partial charge < -0.3 is 10.1 Å². The van der Waals surface area contributed by atoms with E-state index in [9.17, 15) is 4.79 Å². The van der Waals surface area contributed by atoms with Crippen LogP contribution in [0, 0.1) is 20.8 Å². The van der Waals surface area contributed by atoms with Gasteiger partial charge in [-0.3, -0.25) is 4.79 Å². The average molecular weight is 297 g/mol. The Hall–Kier alpha value is -2.29. The van der Waals surface area contributed by atoms with Gasteiger partial charge in [0.05, 0.1) is 0 Å². The van der Waals surface area contributed by atoms with E-state index in [2.05, 4.69) is 5.32 Å². The number of hydrogen-bond acceptors (Lipinski definition) is 2. The molecular formula is C19H23NO2. The Labute approximate surface area is 132 Å². The molecule has 2 rings (SSSR count). The minimum atomic E-state index is -0.522. The molecule has 1 N–H and O–H groups in total. The summed E-state index contributed by atoms with van der Waals surface area (Å²) in [5, 5.41) is 2.91. The summed E-state index contributed by atoms with van der Waals surface area (Å²) in [5.41, 5.74) is 4.44. The predicted molar refractivity (Wildman–Crippen MR) is 89.0 cm³/mol. The molecule has 0 spiro atoms. The minimum Gasteiger partial charge on any atom is -0.481 e. The van der Waals surface area contributed by atoms with Gasteiger partial charge in [0.2, 0.25) is 0 Å². The lowest BCUT2D eigenvalue weighted by Gasteiger charge is -2.16. The van der Waals surface area contributed by atoms with Gasteiger partial charge >= 0.3 is 0 Å². The lowest BCUT2D eigenvalue weighted by molar-refractivity contribution is -0.127. The number of carbonyl (C=O) groups is 1. The average Bonchev–Trinajstić information content (AvgIpc) is 2.50. The molecule has 0 aliphatic heterocycles. The number of ether oxygens (including phenoxy) is 1. The monoisotopic (exact) mass is 297 g/mol. The predicted octanol–water partition coefficient (Wildman–Crippen LogP) is 3.70. The standard InChI is InChI=1S/C19H23NO2/c1-13-6-9-17(10-7-13)12-20-19(21)16(4)22-18-11-14(2)5-8-15(18)3/h5-11,16H,12H2,1-4H3,(H,20,21)/t16-/m1/s1. The van der Waals surface area contributed by atoms with E-state index in [1.54, 1.807) is 6.92 Å².